The number of rotatable bonds is 6. The van der Waals surface area contributed by atoms with Gasteiger partial charge in [0.2, 0.25) is 0 Å². The summed E-state index contributed by atoms with van der Waals surface area (Å²) in [5, 5.41) is 3.53. The number of hydrogen-bond acceptors (Lipinski definition) is 2. The highest BCUT2D eigenvalue weighted by molar-refractivity contribution is 4.96. The van der Waals surface area contributed by atoms with Crippen molar-refractivity contribution in [2.24, 2.45) is 5.41 Å². The van der Waals surface area contributed by atoms with Crippen LogP contribution in [0.15, 0.2) is 12.4 Å². The van der Waals surface area contributed by atoms with Gasteiger partial charge in [-0.3, -0.25) is 0 Å². The van der Waals surface area contributed by atoms with Crippen LogP contribution in [0, 0.1) is 5.41 Å². The van der Waals surface area contributed by atoms with Crippen LogP contribution in [-0.4, -0.2) is 16.1 Å². The molecule has 0 spiro atoms. The van der Waals surface area contributed by atoms with Crippen LogP contribution in [0.1, 0.15) is 38.9 Å². The minimum absolute atomic E-state index is 0.629. The van der Waals surface area contributed by atoms with Crippen LogP contribution in [0.4, 0.5) is 0 Å². The fraction of sp³-hybridized carbons (Fsp3) is 0.750. The van der Waals surface area contributed by atoms with E-state index in [9.17, 15) is 0 Å². The molecular formula is C12H21N3. The van der Waals surface area contributed by atoms with Crippen LogP contribution in [-0.2, 0) is 13.1 Å². The highest BCUT2D eigenvalue weighted by Gasteiger charge is 2.39. The van der Waals surface area contributed by atoms with Gasteiger partial charge in [0.05, 0.1) is 6.54 Å². The van der Waals surface area contributed by atoms with Crippen LogP contribution in [0.5, 0.6) is 0 Å². The quantitative estimate of drug-likeness (QED) is 0.775. The van der Waals surface area contributed by atoms with Crippen molar-refractivity contribution in [1.82, 2.24) is 14.9 Å². The lowest BCUT2D eigenvalue weighted by atomic mass is 10.0. The zero-order chi connectivity index (χ0) is 10.7. The first-order valence-corrected chi connectivity index (χ1v) is 6.00. The fourth-order valence-corrected chi connectivity index (χ4v) is 2.07. The zero-order valence-electron chi connectivity index (χ0n) is 9.79. The molecule has 0 atom stereocenters. The first-order valence-electron chi connectivity index (χ1n) is 6.00. The van der Waals surface area contributed by atoms with E-state index in [1.165, 1.54) is 19.3 Å². The lowest BCUT2D eigenvalue weighted by Gasteiger charge is -2.13. The molecule has 1 aliphatic carbocycles. The Hall–Kier alpha value is -0.830. The fourth-order valence-electron chi connectivity index (χ4n) is 2.07. The molecule has 0 unspecified atom stereocenters. The van der Waals surface area contributed by atoms with Crippen molar-refractivity contribution in [3.8, 4) is 0 Å². The summed E-state index contributed by atoms with van der Waals surface area (Å²) in [6.07, 6.45) is 8.04. The van der Waals surface area contributed by atoms with E-state index in [-0.39, 0.29) is 0 Å². The molecule has 0 aromatic carbocycles. The third kappa shape index (κ3) is 2.40. The van der Waals surface area contributed by atoms with E-state index < -0.39 is 0 Å². The molecule has 1 aromatic rings. The maximum absolute atomic E-state index is 4.35. The van der Waals surface area contributed by atoms with Gasteiger partial charge in [0, 0.05) is 25.5 Å². The van der Waals surface area contributed by atoms with E-state index >= 15 is 0 Å². The van der Waals surface area contributed by atoms with E-state index in [0.717, 1.165) is 25.5 Å². The van der Waals surface area contributed by atoms with Crippen LogP contribution in [0.2, 0.25) is 0 Å². The van der Waals surface area contributed by atoms with Gasteiger partial charge in [-0.25, -0.2) is 4.98 Å². The second kappa shape index (κ2) is 4.35. The first kappa shape index (κ1) is 10.7. The lowest BCUT2D eigenvalue weighted by Crippen LogP contribution is -2.24. The van der Waals surface area contributed by atoms with Crippen molar-refractivity contribution < 1.29 is 0 Å². The van der Waals surface area contributed by atoms with E-state index in [4.69, 9.17) is 0 Å². The van der Waals surface area contributed by atoms with Crippen LogP contribution in [0.25, 0.3) is 0 Å². The Morgan fingerprint density at radius 1 is 1.47 bits per heavy atom. The van der Waals surface area contributed by atoms with Crippen LogP contribution >= 0.6 is 0 Å². The molecule has 1 aliphatic rings. The monoisotopic (exact) mass is 207 g/mol. The van der Waals surface area contributed by atoms with Crippen LogP contribution in [0.3, 0.4) is 0 Å². The van der Waals surface area contributed by atoms with Crippen LogP contribution < -0.4 is 5.32 Å². The van der Waals surface area contributed by atoms with Crippen molar-refractivity contribution in [3.63, 3.8) is 0 Å². The molecule has 84 valence electrons. The predicted molar refractivity (Wildman–Crippen MR) is 61.6 cm³/mol. The van der Waals surface area contributed by atoms with Crippen molar-refractivity contribution in [2.75, 3.05) is 6.54 Å². The Balaban J connectivity index is 1.78. The van der Waals surface area contributed by atoms with Gasteiger partial charge in [0.1, 0.15) is 5.82 Å². The van der Waals surface area contributed by atoms with Gasteiger partial charge in [-0.15, -0.1) is 0 Å². The molecule has 1 fully saturated rings. The van der Waals surface area contributed by atoms with E-state index in [1.807, 2.05) is 12.4 Å². The molecule has 0 saturated heterocycles. The Kier molecular flexibility index (Phi) is 3.10. The van der Waals surface area contributed by atoms with Crippen molar-refractivity contribution in [2.45, 2.75) is 46.2 Å². The van der Waals surface area contributed by atoms with Crippen molar-refractivity contribution >= 4 is 0 Å². The average Bonchev–Trinajstić information content (AvgIpc) is 2.90. The number of nitrogens with zero attached hydrogens (tertiary/aromatic N) is 2. The predicted octanol–water partition coefficient (Wildman–Crippen LogP) is 2.18. The maximum atomic E-state index is 4.35. The Bertz CT molecular complexity index is 312. The standard InChI is InChI=1S/C12H21N3/c1-3-12(5-6-12)10-13-9-11-14-7-8-15(11)4-2/h7-8,13H,3-6,9-10H2,1-2H3. The Morgan fingerprint density at radius 2 is 2.27 bits per heavy atom. The summed E-state index contributed by atoms with van der Waals surface area (Å²) >= 11 is 0. The van der Waals surface area contributed by atoms with E-state index in [0.29, 0.717) is 5.41 Å². The minimum Gasteiger partial charge on any atom is -0.334 e. The highest BCUT2D eigenvalue weighted by atomic mass is 15.1. The molecule has 0 radical (unpaired) electrons. The van der Waals surface area contributed by atoms with Gasteiger partial charge in [-0.1, -0.05) is 6.92 Å². The molecule has 1 heterocycles. The SMILES string of the molecule is CCn1ccnc1CNCC1(CC)CC1. The Labute approximate surface area is 91.9 Å². The minimum atomic E-state index is 0.629. The summed E-state index contributed by atoms with van der Waals surface area (Å²) < 4.78 is 2.19. The summed E-state index contributed by atoms with van der Waals surface area (Å²) in [4.78, 5) is 4.35. The van der Waals surface area contributed by atoms with Gasteiger partial charge in [0.25, 0.3) is 0 Å². The average molecular weight is 207 g/mol. The van der Waals surface area contributed by atoms with Crippen molar-refractivity contribution in [1.29, 1.82) is 0 Å². The van der Waals surface area contributed by atoms with Gasteiger partial charge >= 0.3 is 0 Å². The molecule has 15 heavy (non-hydrogen) atoms. The third-order valence-electron chi connectivity index (χ3n) is 3.63. The van der Waals surface area contributed by atoms with Crippen molar-refractivity contribution in [3.05, 3.63) is 18.2 Å². The molecule has 0 bridgehead atoms. The van der Waals surface area contributed by atoms with Gasteiger partial charge in [0.15, 0.2) is 0 Å². The first-order chi connectivity index (χ1) is 7.29. The normalized spacial score (nSPS) is 18.0. The maximum Gasteiger partial charge on any atom is 0.122 e. The molecule has 1 saturated carbocycles. The molecule has 2 rings (SSSR count). The second-order valence-electron chi connectivity index (χ2n) is 4.59. The summed E-state index contributed by atoms with van der Waals surface area (Å²) in [6, 6.07) is 0. The number of aryl methyl sites for hydroxylation is 1. The third-order valence-corrected chi connectivity index (χ3v) is 3.63. The van der Waals surface area contributed by atoms with Gasteiger partial charge < -0.3 is 9.88 Å². The van der Waals surface area contributed by atoms with E-state index in [2.05, 4.69) is 28.7 Å². The highest BCUT2D eigenvalue weighted by Crippen LogP contribution is 2.47. The summed E-state index contributed by atoms with van der Waals surface area (Å²) in [5.41, 5.74) is 0.629. The molecule has 0 aliphatic heterocycles. The topological polar surface area (TPSA) is 29.9 Å². The lowest BCUT2D eigenvalue weighted by molar-refractivity contribution is 0.436. The second-order valence-corrected chi connectivity index (χ2v) is 4.59. The molecule has 0 amide bonds. The molecule has 3 nitrogen and oxygen atoms in total. The van der Waals surface area contributed by atoms with Gasteiger partial charge in [-0.05, 0) is 31.6 Å². The van der Waals surface area contributed by atoms with E-state index in [1.54, 1.807) is 0 Å². The molecular weight excluding hydrogens is 186 g/mol. The number of nitrogens with one attached hydrogen (secondary N) is 1. The summed E-state index contributed by atoms with van der Waals surface area (Å²) in [5.74, 6) is 1.16. The summed E-state index contributed by atoms with van der Waals surface area (Å²) in [6.45, 7) is 7.51. The number of imidazole rings is 1. The van der Waals surface area contributed by atoms with Gasteiger partial charge in [-0.2, -0.15) is 0 Å². The molecule has 1 aromatic heterocycles. The summed E-state index contributed by atoms with van der Waals surface area (Å²) in [7, 11) is 0. The molecule has 3 heteroatoms. The smallest absolute Gasteiger partial charge is 0.122 e. The largest absolute Gasteiger partial charge is 0.334 e. The number of aromatic nitrogens is 2. The zero-order valence-corrected chi connectivity index (χ0v) is 9.79. The Morgan fingerprint density at radius 3 is 2.87 bits per heavy atom. The number of hydrogen-bond donors (Lipinski definition) is 1. The molecule has 1 N–H and O–H groups in total.